The summed E-state index contributed by atoms with van der Waals surface area (Å²) in [5, 5.41) is 10.8. The van der Waals surface area contributed by atoms with E-state index in [9.17, 15) is 4.79 Å². The van der Waals surface area contributed by atoms with Crippen molar-refractivity contribution in [3.05, 3.63) is 35.9 Å². The number of primary amides is 1. The third kappa shape index (κ3) is 39.3. The molecule has 104 valence electrons. The van der Waals surface area contributed by atoms with E-state index in [4.69, 9.17) is 20.4 Å². The molecule has 0 aromatic heterocycles. The highest BCUT2D eigenvalue weighted by atomic mass is 16.5. The number of ether oxygens (including phenoxy) is 1. The van der Waals surface area contributed by atoms with E-state index in [2.05, 4.69) is 29.5 Å². The Bertz CT molecular complexity index is 369. The molecular weight excluding hydrogens is 250 g/mol. The van der Waals surface area contributed by atoms with Gasteiger partial charge in [0.05, 0.1) is 6.61 Å². The largest absolute Gasteiger partial charge is 0.450 e. The topological polar surface area (TPSA) is 134 Å². The van der Waals surface area contributed by atoms with E-state index in [1.165, 1.54) is 5.56 Å². The molecule has 0 atom stereocenters. The van der Waals surface area contributed by atoms with Crippen LogP contribution in [-0.2, 0) is 14.3 Å². The summed E-state index contributed by atoms with van der Waals surface area (Å²) in [6.07, 6.45) is 0.789. The number of nitrogens with two attached hydrogens (primary N) is 1. The van der Waals surface area contributed by atoms with Gasteiger partial charge < -0.3 is 10.5 Å². The van der Waals surface area contributed by atoms with E-state index < -0.39 is 6.09 Å². The van der Waals surface area contributed by atoms with E-state index in [1.54, 1.807) is 6.92 Å². The first kappa shape index (κ1) is 21.5. The average molecular weight is 267 g/mol. The van der Waals surface area contributed by atoms with Crippen LogP contribution in [0.25, 0.3) is 0 Å². The standard InChI is InChI=1S/C7H8.C3H7NO2.2CHNO/c1-7-5-3-2-4-6-7;1-2-6-3(4)5;2*2-1-3/h2-6H,1H3;2H2,1H3,(H2,4,5);2*2H. The quantitative estimate of drug-likeness (QED) is 0.529. The molecule has 0 aliphatic carbocycles. The van der Waals surface area contributed by atoms with Crippen molar-refractivity contribution >= 4 is 18.3 Å². The van der Waals surface area contributed by atoms with Crippen molar-refractivity contribution in [3.63, 3.8) is 0 Å². The summed E-state index contributed by atoms with van der Waals surface area (Å²) in [5.74, 6) is 0. The number of rotatable bonds is 1. The Morgan fingerprint density at radius 1 is 1.21 bits per heavy atom. The highest BCUT2D eigenvalue weighted by molar-refractivity contribution is 5.64. The van der Waals surface area contributed by atoms with Gasteiger partial charge in [-0.05, 0) is 13.8 Å². The van der Waals surface area contributed by atoms with E-state index >= 15 is 0 Å². The number of hydrogen-bond donors (Lipinski definition) is 3. The minimum atomic E-state index is -0.711. The minimum Gasteiger partial charge on any atom is -0.450 e. The van der Waals surface area contributed by atoms with Crippen LogP contribution in [0.15, 0.2) is 30.3 Å². The second-order valence-corrected chi connectivity index (χ2v) is 2.61. The van der Waals surface area contributed by atoms with Crippen LogP contribution in [0.4, 0.5) is 4.79 Å². The summed E-state index contributed by atoms with van der Waals surface area (Å²) in [5.41, 5.74) is 5.86. The summed E-state index contributed by atoms with van der Waals surface area (Å²) in [6.45, 7) is 4.14. The van der Waals surface area contributed by atoms with E-state index in [0.29, 0.717) is 6.61 Å². The highest BCUT2D eigenvalue weighted by Gasteiger charge is 1.82. The van der Waals surface area contributed by atoms with Crippen molar-refractivity contribution < 1.29 is 19.1 Å². The zero-order valence-corrected chi connectivity index (χ0v) is 10.8. The molecule has 19 heavy (non-hydrogen) atoms. The monoisotopic (exact) mass is 267 g/mol. The zero-order valence-electron chi connectivity index (χ0n) is 10.8. The molecule has 0 radical (unpaired) electrons. The second kappa shape index (κ2) is 20.6. The van der Waals surface area contributed by atoms with Crippen molar-refractivity contribution in [1.82, 2.24) is 0 Å². The maximum absolute atomic E-state index is 9.60. The van der Waals surface area contributed by atoms with Crippen LogP contribution in [-0.4, -0.2) is 24.9 Å². The van der Waals surface area contributed by atoms with Crippen LogP contribution >= 0.6 is 0 Å². The summed E-state index contributed by atoms with van der Waals surface area (Å²) in [6, 6.07) is 10.3. The van der Waals surface area contributed by atoms with Crippen molar-refractivity contribution in [3.8, 4) is 0 Å². The fourth-order valence-corrected chi connectivity index (χ4v) is 0.677. The Kier molecular flexibility index (Phi) is 23.4. The number of carbonyl (C=O) groups is 1. The van der Waals surface area contributed by atoms with Gasteiger partial charge in [0.1, 0.15) is 0 Å². The molecule has 1 aromatic rings. The molecule has 0 fully saturated rings. The lowest BCUT2D eigenvalue weighted by molar-refractivity contribution is 0.163. The molecule has 0 saturated carbocycles. The molecule has 7 heteroatoms. The first-order valence-electron chi connectivity index (χ1n) is 5.01. The Hall–Kier alpha value is -2.75. The van der Waals surface area contributed by atoms with Gasteiger partial charge in [-0.2, -0.15) is 0 Å². The van der Waals surface area contributed by atoms with Gasteiger partial charge in [0.15, 0.2) is 0 Å². The molecule has 7 nitrogen and oxygen atoms in total. The molecule has 0 aliphatic heterocycles. The number of benzene rings is 1. The fraction of sp³-hybridized carbons (Fsp3) is 0.250. The number of hydrogen-bond acceptors (Lipinski definition) is 6. The molecular formula is C12H17N3O4. The lowest BCUT2D eigenvalue weighted by atomic mass is 10.2. The lowest BCUT2D eigenvalue weighted by Gasteiger charge is -1.89. The predicted molar refractivity (Wildman–Crippen MR) is 69.2 cm³/mol. The normalized spacial score (nSPS) is 6.42. The zero-order chi connectivity index (χ0) is 15.5. The number of aryl methyl sites for hydroxylation is 1. The number of amides is 1. The van der Waals surface area contributed by atoms with Gasteiger partial charge in [-0.1, -0.05) is 35.9 Å². The van der Waals surface area contributed by atoms with Gasteiger partial charge in [0.2, 0.25) is 12.2 Å². The lowest BCUT2D eigenvalue weighted by Crippen LogP contribution is -2.11. The van der Waals surface area contributed by atoms with E-state index in [1.807, 2.05) is 18.2 Å². The van der Waals surface area contributed by atoms with Gasteiger partial charge in [0.25, 0.3) is 0 Å². The second-order valence-electron chi connectivity index (χ2n) is 2.61. The molecule has 0 heterocycles. The van der Waals surface area contributed by atoms with Crippen LogP contribution in [0.1, 0.15) is 12.5 Å². The number of nitrogens with one attached hydrogen (secondary N) is 2. The molecule has 0 bridgehead atoms. The number of isocyanates is 2. The van der Waals surface area contributed by atoms with Gasteiger partial charge >= 0.3 is 6.09 Å². The molecule has 0 saturated heterocycles. The Labute approximate surface area is 111 Å². The third-order valence-corrected chi connectivity index (χ3v) is 1.23. The average Bonchev–Trinajstić information content (AvgIpc) is 2.32. The summed E-state index contributed by atoms with van der Waals surface area (Å²) >= 11 is 0. The summed E-state index contributed by atoms with van der Waals surface area (Å²) < 4.78 is 4.18. The maximum Gasteiger partial charge on any atom is 0.404 e. The third-order valence-electron chi connectivity index (χ3n) is 1.23. The van der Waals surface area contributed by atoms with Crippen molar-refractivity contribution in [2.45, 2.75) is 13.8 Å². The summed E-state index contributed by atoms with van der Waals surface area (Å²) in [4.78, 5) is 26.3. The van der Waals surface area contributed by atoms with Crippen LogP contribution in [0.2, 0.25) is 0 Å². The first-order chi connectivity index (χ1) is 8.99. The van der Waals surface area contributed by atoms with Crippen molar-refractivity contribution in [1.29, 1.82) is 10.8 Å². The molecule has 1 aromatic carbocycles. The maximum atomic E-state index is 9.60. The van der Waals surface area contributed by atoms with Crippen LogP contribution < -0.4 is 5.73 Å². The highest BCUT2D eigenvalue weighted by Crippen LogP contribution is 1.92. The Balaban J connectivity index is -0.000000195. The van der Waals surface area contributed by atoms with Gasteiger partial charge in [-0.25, -0.2) is 25.2 Å². The van der Waals surface area contributed by atoms with E-state index in [-0.39, 0.29) is 0 Å². The fourth-order valence-electron chi connectivity index (χ4n) is 0.677. The smallest absolute Gasteiger partial charge is 0.404 e. The molecule has 0 unspecified atom stereocenters. The van der Waals surface area contributed by atoms with Crippen molar-refractivity contribution in [2.75, 3.05) is 6.61 Å². The SMILES string of the molecule is CCOC(N)=O.Cc1ccccc1.N=C=O.N=C=O. The van der Waals surface area contributed by atoms with Gasteiger partial charge in [-0.3, -0.25) is 0 Å². The van der Waals surface area contributed by atoms with Gasteiger partial charge in [-0.15, -0.1) is 0 Å². The number of carbonyl (C=O) groups excluding carboxylic acids is 3. The summed E-state index contributed by atoms with van der Waals surface area (Å²) in [7, 11) is 0. The molecule has 1 rings (SSSR count). The van der Waals surface area contributed by atoms with Crippen LogP contribution in [0, 0.1) is 17.7 Å². The Morgan fingerprint density at radius 3 is 1.68 bits per heavy atom. The van der Waals surface area contributed by atoms with Gasteiger partial charge in [0, 0.05) is 0 Å². The van der Waals surface area contributed by atoms with E-state index in [0.717, 1.165) is 12.2 Å². The molecule has 0 aliphatic rings. The first-order valence-corrected chi connectivity index (χ1v) is 5.01. The Morgan fingerprint density at radius 2 is 1.58 bits per heavy atom. The molecule has 1 amide bonds. The van der Waals surface area contributed by atoms with Crippen LogP contribution in [0.3, 0.4) is 0 Å². The molecule has 4 N–H and O–H groups in total. The predicted octanol–water partition coefficient (Wildman–Crippen LogP) is 1.90. The van der Waals surface area contributed by atoms with Crippen molar-refractivity contribution in [2.24, 2.45) is 5.73 Å². The minimum absolute atomic E-state index is 0.356. The van der Waals surface area contributed by atoms with Crippen LogP contribution in [0.5, 0.6) is 0 Å². The molecule has 0 spiro atoms.